The molecule has 0 amide bonds. The molecule has 0 aliphatic carbocycles. The van der Waals surface area contributed by atoms with E-state index in [9.17, 15) is 4.91 Å². The van der Waals surface area contributed by atoms with Gasteiger partial charge in [0.05, 0.1) is 12.3 Å². The molecule has 0 bridgehead atoms. The van der Waals surface area contributed by atoms with Crippen molar-refractivity contribution in [2.45, 2.75) is 19.8 Å². The van der Waals surface area contributed by atoms with Gasteiger partial charge in [-0.1, -0.05) is 24.7 Å². The molecule has 0 saturated heterocycles. The van der Waals surface area contributed by atoms with Crippen LogP contribution in [0.1, 0.15) is 19.8 Å². The summed E-state index contributed by atoms with van der Waals surface area (Å²) in [4.78, 5) is 14.4. The molecule has 0 aliphatic rings. The van der Waals surface area contributed by atoms with Crippen LogP contribution in [0.4, 0.5) is 5.13 Å². The first kappa shape index (κ1) is 12.7. The predicted octanol–water partition coefficient (Wildman–Crippen LogP) is 4.39. The van der Waals surface area contributed by atoms with Crippen LogP contribution >= 0.6 is 11.3 Å². The maximum Gasteiger partial charge on any atom is 0.252 e. The third-order valence-corrected chi connectivity index (χ3v) is 3.20. The molecule has 0 fully saturated rings. The average molecular weight is 262 g/mol. The summed E-state index contributed by atoms with van der Waals surface area (Å²) < 4.78 is 5.58. The molecule has 0 spiro atoms. The summed E-state index contributed by atoms with van der Waals surface area (Å²) in [6.07, 6.45) is 2.18. The van der Waals surface area contributed by atoms with Gasteiger partial charge in [-0.3, -0.25) is 0 Å². The lowest BCUT2D eigenvalue weighted by Gasteiger charge is -2.05. The highest BCUT2D eigenvalue weighted by molar-refractivity contribution is 7.13. The van der Waals surface area contributed by atoms with Gasteiger partial charge in [0, 0.05) is 16.1 Å². The molecule has 1 aromatic carbocycles. The standard InChI is InChI=1S/C13H14N2O2S/c1-2-3-8-17-11-6-4-10(5-7-11)12-9-18-13(14-12)15-16/h4-7,9H,2-3,8H2,1H3. The Morgan fingerprint density at radius 1 is 1.33 bits per heavy atom. The van der Waals surface area contributed by atoms with Crippen LogP contribution in [0.3, 0.4) is 0 Å². The monoisotopic (exact) mass is 262 g/mol. The predicted molar refractivity (Wildman–Crippen MR) is 73.4 cm³/mol. The third-order valence-electron chi connectivity index (χ3n) is 2.49. The molecular formula is C13H14N2O2S. The molecule has 0 N–H and O–H groups in total. The van der Waals surface area contributed by atoms with E-state index in [1.165, 1.54) is 11.3 Å². The number of unbranched alkanes of at least 4 members (excludes halogenated alkanes) is 1. The zero-order valence-electron chi connectivity index (χ0n) is 10.1. The molecule has 0 saturated carbocycles. The van der Waals surface area contributed by atoms with E-state index in [4.69, 9.17) is 4.74 Å². The molecule has 1 aromatic heterocycles. The molecule has 18 heavy (non-hydrogen) atoms. The van der Waals surface area contributed by atoms with Gasteiger partial charge in [-0.15, -0.1) is 4.91 Å². The van der Waals surface area contributed by atoms with Crippen molar-refractivity contribution in [2.75, 3.05) is 6.61 Å². The van der Waals surface area contributed by atoms with Gasteiger partial charge < -0.3 is 4.74 Å². The Balaban J connectivity index is 2.04. The zero-order chi connectivity index (χ0) is 12.8. The lowest BCUT2D eigenvalue weighted by atomic mass is 10.2. The molecule has 0 aliphatic heterocycles. The van der Waals surface area contributed by atoms with Crippen molar-refractivity contribution in [1.82, 2.24) is 4.98 Å². The van der Waals surface area contributed by atoms with Gasteiger partial charge in [-0.2, -0.15) is 0 Å². The Hall–Kier alpha value is -1.75. The summed E-state index contributed by atoms with van der Waals surface area (Å²) in [6.45, 7) is 2.87. The molecule has 2 aromatic rings. The van der Waals surface area contributed by atoms with Crippen molar-refractivity contribution < 1.29 is 4.74 Å². The second-order valence-electron chi connectivity index (χ2n) is 3.83. The molecule has 2 rings (SSSR count). The van der Waals surface area contributed by atoms with Crippen LogP contribution in [0.25, 0.3) is 11.3 Å². The summed E-state index contributed by atoms with van der Waals surface area (Å²) in [6, 6.07) is 7.70. The van der Waals surface area contributed by atoms with Crippen LogP contribution < -0.4 is 4.74 Å². The fourth-order valence-electron chi connectivity index (χ4n) is 1.50. The molecule has 5 heteroatoms. The van der Waals surface area contributed by atoms with Crippen molar-refractivity contribution >= 4 is 16.5 Å². The van der Waals surface area contributed by atoms with Gasteiger partial charge in [0.25, 0.3) is 5.13 Å². The van der Waals surface area contributed by atoms with Gasteiger partial charge in [0.2, 0.25) is 0 Å². The first-order valence-electron chi connectivity index (χ1n) is 5.85. The van der Waals surface area contributed by atoms with Crippen molar-refractivity contribution in [3.63, 3.8) is 0 Å². The Labute approximate surface area is 110 Å². The molecule has 0 unspecified atom stereocenters. The molecule has 94 valence electrons. The van der Waals surface area contributed by atoms with Crippen molar-refractivity contribution in [2.24, 2.45) is 5.18 Å². The van der Waals surface area contributed by atoms with E-state index in [0.717, 1.165) is 36.5 Å². The van der Waals surface area contributed by atoms with Crippen LogP contribution in [-0.2, 0) is 0 Å². The largest absolute Gasteiger partial charge is 0.494 e. The third kappa shape index (κ3) is 3.13. The number of hydrogen-bond donors (Lipinski definition) is 0. The quantitative estimate of drug-likeness (QED) is 0.573. The summed E-state index contributed by atoms with van der Waals surface area (Å²) in [7, 11) is 0. The van der Waals surface area contributed by atoms with E-state index in [-0.39, 0.29) is 5.13 Å². The number of rotatable bonds is 6. The van der Waals surface area contributed by atoms with E-state index in [1.54, 1.807) is 0 Å². The summed E-state index contributed by atoms with van der Waals surface area (Å²) in [5, 5.41) is 4.90. The lowest BCUT2D eigenvalue weighted by molar-refractivity contribution is 0.309. The minimum atomic E-state index is 0.258. The van der Waals surface area contributed by atoms with Crippen molar-refractivity contribution in [3.05, 3.63) is 34.6 Å². The van der Waals surface area contributed by atoms with Crippen LogP contribution in [0.5, 0.6) is 5.75 Å². The lowest BCUT2D eigenvalue weighted by Crippen LogP contribution is -1.95. The molecule has 0 atom stereocenters. The summed E-state index contributed by atoms with van der Waals surface area (Å²) in [5.74, 6) is 0.858. The van der Waals surface area contributed by atoms with E-state index in [2.05, 4.69) is 17.1 Å². The number of nitroso groups, excluding NO2 is 1. The first-order chi connectivity index (χ1) is 8.83. The fourth-order valence-corrected chi connectivity index (χ4v) is 2.09. The van der Waals surface area contributed by atoms with Crippen LogP contribution in [-0.4, -0.2) is 11.6 Å². The Kier molecular flexibility index (Phi) is 4.41. The topological polar surface area (TPSA) is 51.5 Å². The number of nitrogens with zero attached hydrogens (tertiary/aromatic N) is 2. The number of aromatic nitrogens is 1. The van der Waals surface area contributed by atoms with Gasteiger partial charge in [-0.25, -0.2) is 4.98 Å². The van der Waals surface area contributed by atoms with Gasteiger partial charge in [0.1, 0.15) is 5.75 Å². The molecule has 4 nitrogen and oxygen atoms in total. The van der Waals surface area contributed by atoms with Crippen molar-refractivity contribution in [3.8, 4) is 17.0 Å². The van der Waals surface area contributed by atoms with Gasteiger partial charge in [-0.05, 0) is 30.7 Å². The smallest absolute Gasteiger partial charge is 0.252 e. The molecule has 1 heterocycles. The average Bonchev–Trinajstić information content (AvgIpc) is 2.89. The highest BCUT2D eigenvalue weighted by Crippen LogP contribution is 2.27. The van der Waals surface area contributed by atoms with Gasteiger partial charge >= 0.3 is 0 Å². The summed E-state index contributed by atoms with van der Waals surface area (Å²) >= 11 is 1.24. The van der Waals surface area contributed by atoms with Crippen LogP contribution in [0.2, 0.25) is 0 Å². The van der Waals surface area contributed by atoms with Crippen LogP contribution in [0.15, 0.2) is 34.8 Å². The van der Waals surface area contributed by atoms with E-state index >= 15 is 0 Å². The normalized spacial score (nSPS) is 10.3. The number of ether oxygens (including phenoxy) is 1. The minimum absolute atomic E-state index is 0.258. The van der Waals surface area contributed by atoms with Crippen molar-refractivity contribution in [1.29, 1.82) is 0 Å². The Morgan fingerprint density at radius 3 is 2.72 bits per heavy atom. The first-order valence-corrected chi connectivity index (χ1v) is 6.73. The highest BCUT2D eigenvalue weighted by atomic mass is 32.1. The van der Waals surface area contributed by atoms with Gasteiger partial charge in [0.15, 0.2) is 0 Å². The number of benzene rings is 1. The van der Waals surface area contributed by atoms with Crippen LogP contribution in [0, 0.1) is 4.91 Å². The molecular weight excluding hydrogens is 248 g/mol. The fraction of sp³-hybridized carbons (Fsp3) is 0.308. The second-order valence-corrected chi connectivity index (χ2v) is 4.67. The maximum absolute atomic E-state index is 10.3. The van der Waals surface area contributed by atoms with E-state index in [0.29, 0.717) is 0 Å². The van der Waals surface area contributed by atoms with E-state index < -0.39 is 0 Å². The number of hydrogen-bond acceptors (Lipinski definition) is 5. The number of thiazole rings is 1. The Morgan fingerprint density at radius 2 is 2.11 bits per heavy atom. The maximum atomic E-state index is 10.3. The molecule has 0 radical (unpaired) electrons. The van der Waals surface area contributed by atoms with E-state index in [1.807, 2.05) is 29.6 Å². The highest BCUT2D eigenvalue weighted by Gasteiger charge is 2.04. The Bertz CT molecular complexity index is 508. The second kappa shape index (κ2) is 6.26. The SMILES string of the molecule is CCCCOc1ccc(-c2csc(N=O)n2)cc1. The zero-order valence-corrected chi connectivity index (χ0v) is 10.9. The minimum Gasteiger partial charge on any atom is -0.494 e. The summed E-state index contributed by atoms with van der Waals surface area (Å²) in [5.41, 5.74) is 1.73.